The lowest BCUT2D eigenvalue weighted by Crippen LogP contribution is -2.35. The van der Waals surface area contributed by atoms with Crippen LogP contribution in [0, 0.1) is 5.92 Å². The van der Waals surface area contributed by atoms with Gasteiger partial charge < -0.3 is 4.57 Å². The van der Waals surface area contributed by atoms with Crippen LogP contribution in [-0.4, -0.2) is 22.6 Å². The molecule has 150 valence electrons. The van der Waals surface area contributed by atoms with Crippen LogP contribution in [0.2, 0.25) is 0 Å². The molecule has 2 aromatic carbocycles. The second-order valence-corrected chi connectivity index (χ2v) is 8.84. The fraction of sp³-hybridized carbons (Fsp3) is 0.385. The highest BCUT2D eigenvalue weighted by Gasteiger charge is 2.28. The molecule has 0 bridgehead atoms. The van der Waals surface area contributed by atoms with Gasteiger partial charge in [0.1, 0.15) is 0 Å². The van der Waals surface area contributed by atoms with Gasteiger partial charge in [-0.3, -0.25) is 4.90 Å². The second kappa shape index (κ2) is 7.66. The summed E-state index contributed by atoms with van der Waals surface area (Å²) in [5.74, 6) is 0.843. The third-order valence-electron chi connectivity index (χ3n) is 7.12. The molecule has 1 unspecified atom stereocenters. The number of benzene rings is 2. The second-order valence-electron chi connectivity index (χ2n) is 8.84. The number of nitrogens with zero attached hydrogens (tertiary/aromatic N) is 2. The van der Waals surface area contributed by atoms with Crippen LogP contribution in [0.3, 0.4) is 0 Å². The Labute approximate surface area is 179 Å². The number of aryl methyl sites for hydroxylation is 2. The number of halogens is 1. The van der Waals surface area contributed by atoms with Gasteiger partial charge in [0.05, 0.1) is 5.52 Å². The minimum atomic E-state index is 0. The highest BCUT2D eigenvalue weighted by molar-refractivity contribution is 5.91. The van der Waals surface area contributed by atoms with Crippen LogP contribution in [0.15, 0.2) is 54.6 Å². The van der Waals surface area contributed by atoms with Crippen LogP contribution >= 0.6 is 12.4 Å². The zero-order valence-electron chi connectivity index (χ0n) is 16.9. The van der Waals surface area contributed by atoms with Crippen molar-refractivity contribution in [2.45, 2.75) is 45.1 Å². The number of fused-ring (bicyclic) bond motifs is 5. The molecule has 3 heteroatoms. The lowest BCUT2D eigenvalue weighted by Gasteiger charge is -2.32. The Morgan fingerprint density at radius 2 is 1.76 bits per heavy atom. The predicted octanol–water partition coefficient (Wildman–Crippen LogP) is 5.87. The van der Waals surface area contributed by atoms with Crippen LogP contribution in [0.5, 0.6) is 0 Å². The number of aromatic nitrogens is 1. The number of allylic oxidation sites excluding steroid dienone is 2. The summed E-state index contributed by atoms with van der Waals surface area (Å²) < 4.78 is 2.63. The molecule has 2 nitrogen and oxygen atoms in total. The van der Waals surface area contributed by atoms with E-state index in [1.165, 1.54) is 66.5 Å². The summed E-state index contributed by atoms with van der Waals surface area (Å²) in [5, 5.41) is 1.50. The van der Waals surface area contributed by atoms with Gasteiger partial charge in [0.2, 0.25) is 0 Å². The van der Waals surface area contributed by atoms with E-state index in [1.807, 2.05) is 0 Å². The Morgan fingerprint density at radius 3 is 2.66 bits per heavy atom. The summed E-state index contributed by atoms with van der Waals surface area (Å²) in [4.78, 5) is 2.72. The zero-order valence-corrected chi connectivity index (χ0v) is 17.8. The lowest BCUT2D eigenvalue weighted by molar-refractivity contribution is 0.206. The summed E-state index contributed by atoms with van der Waals surface area (Å²) in [5.41, 5.74) is 9.08. The van der Waals surface area contributed by atoms with Crippen LogP contribution in [0.25, 0.3) is 16.6 Å². The van der Waals surface area contributed by atoms with E-state index in [-0.39, 0.29) is 12.4 Å². The van der Waals surface area contributed by atoms with Crippen molar-refractivity contribution in [3.8, 4) is 5.69 Å². The Balaban J connectivity index is 0.00000181. The first-order valence-corrected chi connectivity index (χ1v) is 11.0. The number of rotatable bonds is 2. The fourth-order valence-electron chi connectivity index (χ4n) is 5.75. The molecule has 1 atom stereocenters. The Morgan fingerprint density at radius 1 is 0.897 bits per heavy atom. The first-order valence-electron chi connectivity index (χ1n) is 11.0. The Bertz CT molecular complexity index is 1080. The largest absolute Gasteiger partial charge is 0.313 e. The van der Waals surface area contributed by atoms with Gasteiger partial charge in [-0.15, -0.1) is 12.4 Å². The third-order valence-corrected chi connectivity index (χ3v) is 7.12. The molecule has 29 heavy (non-hydrogen) atoms. The van der Waals surface area contributed by atoms with E-state index < -0.39 is 0 Å². The molecule has 6 rings (SSSR count). The van der Waals surface area contributed by atoms with E-state index >= 15 is 0 Å². The monoisotopic (exact) mass is 404 g/mol. The van der Waals surface area contributed by atoms with Crippen molar-refractivity contribution in [3.05, 3.63) is 77.0 Å². The van der Waals surface area contributed by atoms with E-state index in [4.69, 9.17) is 0 Å². The summed E-state index contributed by atoms with van der Waals surface area (Å²) >= 11 is 0. The smallest absolute Gasteiger partial charge is 0.0567 e. The first kappa shape index (κ1) is 19.0. The molecule has 0 spiro atoms. The molecular formula is C26H29ClN2. The van der Waals surface area contributed by atoms with Crippen molar-refractivity contribution in [2.24, 2.45) is 5.92 Å². The van der Waals surface area contributed by atoms with Gasteiger partial charge >= 0.3 is 0 Å². The molecule has 3 aromatic rings. The van der Waals surface area contributed by atoms with Crippen LogP contribution in [-0.2, 0) is 25.8 Å². The maximum absolute atomic E-state index is 2.72. The molecule has 0 amide bonds. The van der Waals surface area contributed by atoms with E-state index in [9.17, 15) is 0 Å². The normalized spacial score (nSPS) is 20.6. The molecule has 1 aliphatic carbocycles. The lowest BCUT2D eigenvalue weighted by atomic mass is 9.93. The summed E-state index contributed by atoms with van der Waals surface area (Å²) in [6.45, 7) is 3.57. The van der Waals surface area contributed by atoms with Crippen LogP contribution in [0.1, 0.15) is 41.6 Å². The first-order chi connectivity index (χ1) is 13.9. The molecule has 0 saturated heterocycles. The van der Waals surface area contributed by atoms with E-state index in [1.54, 1.807) is 11.3 Å². The minimum Gasteiger partial charge on any atom is -0.313 e. The third kappa shape index (κ3) is 3.14. The number of para-hydroxylation sites is 2. The summed E-state index contributed by atoms with van der Waals surface area (Å²) in [6, 6.07) is 16.1. The predicted molar refractivity (Wildman–Crippen MR) is 123 cm³/mol. The average Bonchev–Trinajstić information content (AvgIpc) is 2.97. The molecule has 0 fully saturated rings. The summed E-state index contributed by atoms with van der Waals surface area (Å²) in [6.07, 6.45) is 12.1. The van der Waals surface area contributed by atoms with Crippen molar-refractivity contribution >= 4 is 23.3 Å². The minimum absolute atomic E-state index is 0. The van der Waals surface area contributed by atoms with Crippen molar-refractivity contribution in [3.63, 3.8) is 0 Å². The van der Waals surface area contributed by atoms with E-state index in [0.717, 1.165) is 25.3 Å². The molecular weight excluding hydrogens is 376 g/mol. The van der Waals surface area contributed by atoms with E-state index in [0.29, 0.717) is 0 Å². The zero-order chi connectivity index (χ0) is 18.5. The molecule has 3 heterocycles. The van der Waals surface area contributed by atoms with Gasteiger partial charge in [-0.1, -0.05) is 48.6 Å². The SMILES string of the molecule is C1=CCC(CN2CCc3c(c4cccc5c4n3-c3ccccc3CC5)C2)CC1.Cl. The number of hydrogen-bond acceptors (Lipinski definition) is 1. The topological polar surface area (TPSA) is 8.17 Å². The van der Waals surface area contributed by atoms with Gasteiger partial charge in [0, 0.05) is 42.8 Å². The molecule has 0 radical (unpaired) electrons. The fourth-order valence-corrected chi connectivity index (χ4v) is 5.75. The van der Waals surface area contributed by atoms with Gasteiger partial charge in [0.15, 0.2) is 0 Å². The van der Waals surface area contributed by atoms with Gasteiger partial charge in [-0.05, 0) is 60.8 Å². The van der Waals surface area contributed by atoms with Crippen LogP contribution < -0.4 is 0 Å². The maximum Gasteiger partial charge on any atom is 0.0567 e. The molecule has 0 N–H and O–H groups in total. The van der Waals surface area contributed by atoms with Crippen LogP contribution in [0.4, 0.5) is 0 Å². The Hall–Kier alpha value is -2.03. The van der Waals surface area contributed by atoms with Crippen molar-refractivity contribution in [1.29, 1.82) is 0 Å². The maximum atomic E-state index is 2.72. The highest BCUT2D eigenvalue weighted by atomic mass is 35.5. The van der Waals surface area contributed by atoms with Crippen molar-refractivity contribution in [2.75, 3.05) is 13.1 Å². The quantitative estimate of drug-likeness (QED) is 0.485. The van der Waals surface area contributed by atoms with Gasteiger partial charge in [-0.25, -0.2) is 0 Å². The average molecular weight is 405 g/mol. The highest BCUT2D eigenvalue weighted by Crippen LogP contribution is 2.38. The molecule has 0 saturated carbocycles. The number of hydrogen-bond donors (Lipinski definition) is 0. The van der Waals surface area contributed by atoms with E-state index in [2.05, 4.69) is 64.1 Å². The molecule has 3 aliphatic rings. The van der Waals surface area contributed by atoms with Crippen molar-refractivity contribution < 1.29 is 0 Å². The van der Waals surface area contributed by atoms with Gasteiger partial charge in [0.25, 0.3) is 0 Å². The standard InChI is InChI=1S/C26H28N2.ClH/c1-2-7-19(8-3-1)17-27-16-15-25-23(18-27)22-11-6-10-21-14-13-20-9-4-5-12-24(20)28(25)26(21)22;/h1-2,4-6,9-12,19H,3,7-8,13-18H2;1H. The van der Waals surface area contributed by atoms with Crippen molar-refractivity contribution in [1.82, 2.24) is 9.47 Å². The summed E-state index contributed by atoms with van der Waals surface area (Å²) in [7, 11) is 0. The molecule has 2 aliphatic heterocycles. The molecule has 1 aromatic heterocycles. The van der Waals surface area contributed by atoms with Gasteiger partial charge in [-0.2, -0.15) is 0 Å². The Kier molecular flexibility index (Phi) is 5.01.